The van der Waals surface area contributed by atoms with Crippen LogP contribution < -0.4 is 20.9 Å². The number of thiophene rings is 1. The summed E-state index contributed by atoms with van der Waals surface area (Å²) in [5.41, 5.74) is 11.9. The zero-order valence-corrected chi connectivity index (χ0v) is 47.4. The third kappa shape index (κ3) is 13.1. The first kappa shape index (κ1) is 57.1. The van der Waals surface area contributed by atoms with Crippen molar-refractivity contribution >= 4 is 57.5 Å². The lowest BCUT2D eigenvalue weighted by Gasteiger charge is -2.27. The quantitative estimate of drug-likeness (QED) is 0.0212. The van der Waals surface area contributed by atoms with E-state index in [4.69, 9.17) is 19.2 Å². The Hall–Kier alpha value is -7.11. The average molecular weight is 1080 g/mol. The molecule has 3 aromatic carbocycles. The second-order valence-corrected chi connectivity index (χ2v) is 22.1. The molecule has 0 saturated heterocycles. The summed E-state index contributed by atoms with van der Waals surface area (Å²) in [5.74, 6) is 0.869. The van der Waals surface area contributed by atoms with E-state index >= 15 is 0 Å². The lowest BCUT2D eigenvalue weighted by Crippen LogP contribution is -2.29. The van der Waals surface area contributed by atoms with Gasteiger partial charge in [0.05, 0.1) is 57.2 Å². The molecule has 0 bridgehead atoms. The van der Waals surface area contributed by atoms with Crippen molar-refractivity contribution in [3.63, 3.8) is 0 Å². The Labute approximate surface area is 463 Å². The molecule has 3 aliphatic rings. The molecular weight excluding hydrogens is 999 g/mol. The Kier molecular flexibility index (Phi) is 19.0. The van der Waals surface area contributed by atoms with Crippen LogP contribution in [0.2, 0.25) is 0 Å². The predicted molar refractivity (Wildman–Crippen MR) is 312 cm³/mol. The highest BCUT2D eigenvalue weighted by Crippen LogP contribution is 2.48. The standard InChI is InChI=1S/C62H75N9O6S/c1-10-54(72)65-46-30-28-45(29-31-46)58-57-42(2)43(3)78-60(57)71-44(4)67-68-59(71)49(66-58)41-56(74)64-33-36-76-38-40-77-39-37-75-35-32-63-55(73)27-15-12-20-34-70-51-24-19-17-22-48(51)62(7,8)53(70)26-14-11-13-25-52-61(5,6)47-21-16-18-23-50(47)69(52)9/h10-11,13-14,16-19,21-26,28-31,49H,1,12,15,20,27,32-41H2,2-9H3,(H2-,63,64,65,66,72,73,74)/p+1. The first-order chi connectivity index (χ1) is 37.6. The fourth-order valence-corrected chi connectivity index (χ4v) is 11.8. The zero-order valence-electron chi connectivity index (χ0n) is 46.6. The molecule has 3 aliphatic heterocycles. The number of anilines is 2. The number of nitrogens with one attached hydrogen (secondary N) is 3. The van der Waals surface area contributed by atoms with Crippen molar-refractivity contribution in [2.75, 3.05) is 76.5 Å². The van der Waals surface area contributed by atoms with Gasteiger partial charge in [0.15, 0.2) is 11.5 Å². The van der Waals surface area contributed by atoms with E-state index in [0.717, 1.165) is 58.1 Å². The van der Waals surface area contributed by atoms with E-state index in [9.17, 15) is 14.4 Å². The number of hydrogen-bond donors (Lipinski definition) is 3. The minimum atomic E-state index is -0.598. The van der Waals surface area contributed by atoms with E-state index in [1.807, 2.05) is 35.8 Å². The summed E-state index contributed by atoms with van der Waals surface area (Å²) in [6.45, 7) is 22.7. The third-order valence-corrected chi connectivity index (χ3v) is 16.1. The maximum Gasteiger partial charge on any atom is 0.247 e. The molecule has 78 heavy (non-hydrogen) atoms. The highest BCUT2D eigenvalue weighted by molar-refractivity contribution is 7.15. The Morgan fingerprint density at radius 2 is 1.44 bits per heavy atom. The van der Waals surface area contributed by atoms with Crippen LogP contribution in [-0.4, -0.2) is 115 Å². The van der Waals surface area contributed by atoms with Crippen molar-refractivity contribution < 1.29 is 33.2 Å². The maximum absolute atomic E-state index is 13.4. The Morgan fingerprint density at radius 1 is 0.769 bits per heavy atom. The smallest absolute Gasteiger partial charge is 0.247 e. The van der Waals surface area contributed by atoms with E-state index in [1.165, 1.54) is 40.0 Å². The van der Waals surface area contributed by atoms with E-state index in [1.54, 1.807) is 11.3 Å². The summed E-state index contributed by atoms with van der Waals surface area (Å²) in [5, 5.41) is 18.6. The van der Waals surface area contributed by atoms with E-state index in [2.05, 4.69) is 170 Å². The van der Waals surface area contributed by atoms with E-state index in [-0.39, 0.29) is 35.0 Å². The minimum absolute atomic E-state index is 0.0360. The van der Waals surface area contributed by atoms with Gasteiger partial charge in [0, 0.05) is 82.3 Å². The van der Waals surface area contributed by atoms with Gasteiger partial charge in [0.1, 0.15) is 23.9 Å². The van der Waals surface area contributed by atoms with Crippen molar-refractivity contribution in [3.05, 3.63) is 166 Å². The summed E-state index contributed by atoms with van der Waals surface area (Å²) >= 11 is 1.65. The summed E-state index contributed by atoms with van der Waals surface area (Å²) in [7, 11) is 2.15. The lowest BCUT2D eigenvalue weighted by molar-refractivity contribution is -0.401. The normalized spacial score (nSPS) is 16.5. The number of aliphatic imine (C=N–C) groups is 1. The number of aryl methyl sites for hydroxylation is 2. The van der Waals surface area contributed by atoms with Crippen LogP contribution in [0.1, 0.15) is 110 Å². The molecular formula is C62H76N9O6S+. The number of fused-ring (bicyclic) bond motifs is 5. The van der Waals surface area contributed by atoms with Crippen molar-refractivity contribution in [2.45, 2.75) is 97.4 Å². The number of aromatic nitrogens is 3. The summed E-state index contributed by atoms with van der Waals surface area (Å²) in [6.07, 6.45) is 15.5. The number of nitrogens with zero attached hydrogens (tertiary/aromatic N) is 6. The third-order valence-electron chi connectivity index (χ3n) is 14.9. The number of rotatable bonds is 26. The molecule has 3 amide bonds. The molecule has 5 heterocycles. The van der Waals surface area contributed by atoms with Crippen LogP contribution in [-0.2, 0) is 39.4 Å². The number of allylic oxidation sites excluding steroid dienone is 6. The second kappa shape index (κ2) is 26.0. The van der Waals surface area contributed by atoms with Gasteiger partial charge in [-0.15, -0.1) is 21.5 Å². The van der Waals surface area contributed by atoms with Crippen molar-refractivity contribution in [1.82, 2.24) is 25.4 Å². The largest absolute Gasteiger partial charge is 0.377 e. The first-order valence-electron chi connectivity index (χ1n) is 27.2. The number of para-hydroxylation sites is 2. The minimum Gasteiger partial charge on any atom is -0.377 e. The number of carbonyl (C=O) groups is 3. The van der Waals surface area contributed by atoms with E-state index in [0.29, 0.717) is 76.5 Å². The van der Waals surface area contributed by atoms with Gasteiger partial charge in [-0.1, -0.05) is 93.6 Å². The SMILES string of the molecule is C=CC(=O)Nc1ccc(C2=NC(CC(=O)NCCOCCOCCOCCNC(=O)CCCCCN3\C(=C/C=C/C=C/C4=[N+](C)c5ccccc5C4(C)C)C(C)(C)c4ccccc43)c3nnc(C)n3-c3sc(C)c(C)c32)cc1. The Bertz CT molecular complexity index is 3140. The molecule has 0 radical (unpaired) electrons. The molecule has 0 spiro atoms. The van der Waals surface area contributed by atoms with Gasteiger partial charge < -0.3 is 35.1 Å². The Balaban J connectivity index is 0.685. The molecule has 1 atom stereocenters. The molecule has 410 valence electrons. The van der Waals surface area contributed by atoms with Gasteiger partial charge in [0.25, 0.3) is 0 Å². The highest BCUT2D eigenvalue weighted by atomic mass is 32.1. The molecule has 15 nitrogen and oxygen atoms in total. The summed E-state index contributed by atoms with van der Waals surface area (Å²) in [6, 6.07) is 24.2. The molecule has 3 N–H and O–H groups in total. The molecule has 0 aliphatic carbocycles. The highest BCUT2D eigenvalue weighted by Gasteiger charge is 2.43. The van der Waals surface area contributed by atoms with Crippen LogP contribution in [0.3, 0.4) is 0 Å². The van der Waals surface area contributed by atoms with Crippen LogP contribution >= 0.6 is 11.3 Å². The van der Waals surface area contributed by atoms with Crippen LogP contribution in [0.5, 0.6) is 0 Å². The summed E-state index contributed by atoms with van der Waals surface area (Å²) < 4.78 is 21.4. The number of carbonyl (C=O) groups excluding carboxylic acids is 3. The molecule has 1 unspecified atom stereocenters. The van der Waals surface area contributed by atoms with E-state index < -0.39 is 6.04 Å². The second-order valence-electron chi connectivity index (χ2n) is 20.9. The van der Waals surface area contributed by atoms with Crippen LogP contribution in [0.25, 0.3) is 5.00 Å². The summed E-state index contributed by atoms with van der Waals surface area (Å²) in [4.78, 5) is 46.7. The van der Waals surface area contributed by atoms with Gasteiger partial charge in [-0.25, -0.2) is 0 Å². The fraction of sp³-hybridized carbons (Fsp3) is 0.403. The number of ether oxygens (including phenoxy) is 3. The van der Waals surface area contributed by atoms with Gasteiger partial charge >= 0.3 is 0 Å². The molecule has 0 fully saturated rings. The predicted octanol–water partition coefficient (Wildman–Crippen LogP) is 10.0. The Morgan fingerprint density at radius 3 is 2.14 bits per heavy atom. The van der Waals surface area contributed by atoms with Crippen LogP contribution in [0, 0.1) is 20.8 Å². The number of unbranched alkanes of at least 4 members (excludes halogenated alkanes) is 2. The number of amides is 3. The van der Waals surface area contributed by atoms with Gasteiger partial charge in [-0.05, 0) is 88.9 Å². The lowest BCUT2D eigenvalue weighted by atomic mass is 9.81. The van der Waals surface area contributed by atoms with Crippen LogP contribution in [0.4, 0.5) is 17.1 Å². The first-order valence-corrected chi connectivity index (χ1v) is 28.0. The molecule has 16 heteroatoms. The van der Waals surface area contributed by atoms with Crippen LogP contribution in [0.15, 0.2) is 127 Å². The van der Waals surface area contributed by atoms with Crippen molar-refractivity contribution in [1.29, 1.82) is 0 Å². The fourth-order valence-electron chi connectivity index (χ4n) is 10.6. The topological polar surface area (TPSA) is 164 Å². The monoisotopic (exact) mass is 1070 g/mol. The number of benzene rings is 3. The van der Waals surface area contributed by atoms with Crippen molar-refractivity contribution in [3.8, 4) is 5.00 Å². The van der Waals surface area contributed by atoms with Gasteiger partial charge in [-0.2, -0.15) is 4.58 Å². The van der Waals surface area contributed by atoms with Gasteiger partial charge in [-0.3, -0.25) is 23.9 Å². The molecule has 5 aromatic rings. The average Bonchev–Trinajstić information content (AvgIpc) is 4.08. The number of hydrogen-bond acceptors (Lipinski definition) is 11. The maximum atomic E-state index is 13.4. The zero-order chi connectivity index (χ0) is 55.4. The van der Waals surface area contributed by atoms with Crippen molar-refractivity contribution in [2.24, 2.45) is 4.99 Å². The molecule has 8 rings (SSSR count). The van der Waals surface area contributed by atoms with Gasteiger partial charge in [0.2, 0.25) is 23.4 Å². The molecule has 2 aromatic heterocycles. The molecule has 0 saturated carbocycles.